The average molecular weight is 386 g/mol. The van der Waals surface area contributed by atoms with Crippen molar-refractivity contribution in [1.29, 1.82) is 0 Å². The molecule has 0 radical (unpaired) electrons. The highest BCUT2D eigenvalue weighted by atomic mass is 16.2. The Kier molecular flexibility index (Phi) is 4.06. The van der Waals surface area contributed by atoms with Gasteiger partial charge in [0, 0.05) is 44.2 Å². The van der Waals surface area contributed by atoms with Gasteiger partial charge in [-0.05, 0) is 25.7 Å². The van der Waals surface area contributed by atoms with Gasteiger partial charge in [-0.15, -0.1) is 0 Å². The van der Waals surface area contributed by atoms with Gasteiger partial charge >= 0.3 is 6.03 Å². The van der Waals surface area contributed by atoms with Gasteiger partial charge in [-0.3, -0.25) is 9.59 Å². The molecule has 3 N–H and O–H groups in total. The largest absolute Gasteiger partial charge is 0.348 e. The second-order valence-electron chi connectivity index (χ2n) is 8.36. The van der Waals surface area contributed by atoms with Crippen molar-refractivity contribution in [3.63, 3.8) is 0 Å². The van der Waals surface area contributed by atoms with Crippen LogP contribution in [0, 0.1) is 5.92 Å². The van der Waals surface area contributed by atoms with Crippen LogP contribution >= 0.6 is 0 Å². The highest BCUT2D eigenvalue weighted by Crippen LogP contribution is 2.44. The first-order valence-corrected chi connectivity index (χ1v) is 10.3. The van der Waals surface area contributed by atoms with Gasteiger partial charge in [-0.25, -0.2) is 9.78 Å². The summed E-state index contributed by atoms with van der Waals surface area (Å²) >= 11 is 0. The topological polar surface area (TPSA) is 110 Å². The van der Waals surface area contributed by atoms with Crippen LogP contribution in [-0.2, 0) is 21.5 Å². The Morgan fingerprint density at radius 1 is 1.14 bits per heavy atom. The number of hydrogen-bond acceptors (Lipinski definition) is 4. The minimum absolute atomic E-state index is 0.0527. The number of piperidine rings is 1. The molecule has 0 bridgehead atoms. The van der Waals surface area contributed by atoms with Gasteiger partial charge in [0.25, 0.3) is 0 Å². The van der Waals surface area contributed by atoms with E-state index >= 15 is 0 Å². The second kappa shape index (κ2) is 6.49. The summed E-state index contributed by atoms with van der Waals surface area (Å²) in [5.41, 5.74) is 1.67. The normalized spacial score (nSPS) is 26.4. The number of aromatic amines is 1. The van der Waals surface area contributed by atoms with Gasteiger partial charge in [0.05, 0.1) is 17.6 Å². The third-order valence-corrected chi connectivity index (χ3v) is 6.95. The van der Waals surface area contributed by atoms with E-state index in [1.807, 2.05) is 4.90 Å². The molecule has 1 atom stereocenters. The first-order valence-electron chi connectivity index (χ1n) is 10.3. The maximum atomic E-state index is 13.2. The number of aromatic nitrogens is 2. The Hall–Kier alpha value is -2.58. The van der Waals surface area contributed by atoms with Crippen molar-refractivity contribution in [2.45, 2.75) is 50.1 Å². The Labute approximate surface area is 163 Å². The lowest BCUT2D eigenvalue weighted by molar-refractivity contribution is -0.151. The molecular weight excluding hydrogens is 360 g/mol. The zero-order chi connectivity index (χ0) is 19.3. The molecule has 0 aromatic carbocycles. The van der Waals surface area contributed by atoms with E-state index in [4.69, 9.17) is 0 Å². The minimum atomic E-state index is -0.499. The van der Waals surface area contributed by atoms with Crippen molar-refractivity contribution in [2.75, 3.05) is 26.2 Å². The van der Waals surface area contributed by atoms with Crippen LogP contribution in [0.3, 0.4) is 0 Å². The number of nitrogens with one attached hydrogen (secondary N) is 3. The van der Waals surface area contributed by atoms with Crippen molar-refractivity contribution in [3.05, 3.63) is 17.7 Å². The predicted molar refractivity (Wildman–Crippen MR) is 99.2 cm³/mol. The lowest BCUT2D eigenvalue weighted by Crippen LogP contribution is -2.61. The van der Waals surface area contributed by atoms with E-state index in [0.29, 0.717) is 39.0 Å². The van der Waals surface area contributed by atoms with E-state index in [1.54, 1.807) is 6.33 Å². The summed E-state index contributed by atoms with van der Waals surface area (Å²) in [7, 11) is 0. The molecule has 1 aliphatic carbocycles. The first kappa shape index (κ1) is 17.5. The number of carbonyl (C=O) groups is 3. The van der Waals surface area contributed by atoms with Crippen molar-refractivity contribution in [3.8, 4) is 0 Å². The highest BCUT2D eigenvalue weighted by molar-refractivity contribution is 5.90. The number of carbonyl (C=O) groups excluding carboxylic acids is 3. The van der Waals surface area contributed by atoms with Gasteiger partial charge < -0.3 is 25.4 Å². The molecule has 4 aliphatic rings. The molecule has 3 aliphatic heterocycles. The van der Waals surface area contributed by atoms with E-state index < -0.39 is 11.6 Å². The van der Waals surface area contributed by atoms with E-state index in [9.17, 15) is 14.4 Å². The average Bonchev–Trinajstić information content (AvgIpc) is 3.30. The molecule has 1 aromatic heterocycles. The van der Waals surface area contributed by atoms with E-state index in [2.05, 4.69) is 25.5 Å². The monoisotopic (exact) mass is 386 g/mol. The molecule has 150 valence electrons. The van der Waals surface area contributed by atoms with Crippen LogP contribution in [0.15, 0.2) is 6.33 Å². The van der Waals surface area contributed by atoms with Gasteiger partial charge in [0.15, 0.2) is 0 Å². The van der Waals surface area contributed by atoms with Gasteiger partial charge in [-0.2, -0.15) is 0 Å². The lowest BCUT2D eigenvalue weighted by Gasteiger charge is -2.52. The summed E-state index contributed by atoms with van der Waals surface area (Å²) in [5.74, 6) is 0.354. The maximum absolute atomic E-state index is 13.2. The number of amides is 4. The number of H-pyrrole nitrogens is 1. The summed E-state index contributed by atoms with van der Waals surface area (Å²) in [6.45, 7) is 2.16. The van der Waals surface area contributed by atoms with E-state index in [0.717, 1.165) is 37.1 Å². The Morgan fingerprint density at radius 2 is 1.93 bits per heavy atom. The van der Waals surface area contributed by atoms with Crippen molar-refractivity contribution >= 4 is 17.8 Å². The fourth-order valence-electron chi connectivity index (χ4n) is 5.10. The molecule has 4 amide bonds. The van der Waals surface area contributed by atoms with Crippen LogP contribution in [0.5, 0.6) is 0 Å². The van der Waals surface area contributed by atoms with Crippen LogP contribution in [0.2, 0.25) is 0 Å². The SMILES string of the molecule is O=C1NC[C@H](C(=O)N2CCC3(CC2)c2nc[nH]c2CCN3C(=O)C2CCC2)N1. The smallest absolute Gasteiger partial charge is 0.315 e. The zero-order valence-electron chi connectivity index (χ0n) is 15.9. The number of likely N-dealkylation sites (tertiary alicyclic amines) is 1. The molecule has 1 saturated carbocycles. The molecule has 28 heavy (non-hydrogen) atoms. The molecule has 1 spiro atoms. The summed E-state index contributed by atoms with van der Waals surface area (Å²) < 4.78 is 0. The van der Waals surface area contributed by atoms with Crippen molar-refractivity contribution < 1.29 is 14.4 Å². The quantitative estimate of drug-likeness (QED) is 0.669. The van der Waals surface area contributed by atoms with Crippen molar-refractivity contribution in [2.24, 2.45) is 5.92 Å². The summed E-state index contributed by atoms with van der Waals surface area (Å²) in [4.78, 5) is 49.1. The summed E-state index contributed by atoms with van der Waals surface area (Å²) in [5, 5.41) is 5.31. The predicted octanol–water partition coefficient (Wildman–Crippen LogP) is 0.0936. The third kappa shape index (κ3) is 2.59. The molecular formula is C19H26N6O3. The molecule has 9 heteroatoms. The molecule has 3 fully saturated rings. The third-order valence-electron chi connectivity index (χ3n) is 6.95. The molecule has 4 heterocycles. The van der Waals surface area contributed by atoms with Gasteiger partial charge in [0.1, 0.15) is 6.04 Å². The molecule has 2 saturated heterocycles. The van der Waals surface area contributed by atoms with Crippen molar-refractivity contribution in [1.82, 2.24) is 30.4 Å². The zero-order valence-corrected chi connectivity index (χ0v) is 15.9. The summed E-state index contributed by atoms with van der Waals surface area (Å²) in [6, 6.07) is -0.792. The first-order chi connectivity index (χ1) is 13.6. The standard InChI is InChI=1S/C19H26N6O3/c26-16(12-2-1-3-12)25-7-4-13-15(22-11-21-13)19(25)5-8-24(9-6-19)17(27)14-10-20-18(28)23-14/h11-12,14H,1-10H2,(H,21,22)(H2,20,23,28)/t14-/m1/s1. The Morgan fingerprint density at radius 3 is 2.57 bits per heavy atom. The molecule has 9 nitrogen and oxygen atoms in total. The van der Waals surface area contributed by atoms with Crippen LogP contribution in [-0.4, -0.2) is 69.8 Å². The number of imidazole rings is 1. The Balaban J connectivity index is 1.37. The van der Waals surface area contributed by atoms with Crippen LogP contribution in [0.4, 0.5) is 4.79 Å². The highest BCUT2D eigenvalue weighted by Gasteiger charge is 2.51. The van der Waals surface area contributed by atoms with E-state index in [-0.39, 0.29) is 23.8 Å². The van der Waals surface area contributed by atoms with Crippen LogP contribution in [0.1, 0.15) is 43.5 Å². The fraction of sp³-hybridized carbons (Fsp3) is 0.684. The second-order valence-corrected chi connectivity index (χ2v) is 8.36. The Bertz CT molecular complexity index is 808. The van der Waals surface area contributed by atoms with Gasteiger partial charge in [-0.1, -0.05) is 6.42 Å². The number of hydrogen-bond donors (Lipinski definition) is 3. The van der Waals surface area contributed by atoms with Crippen LogP contribution < -0.4 is 10.6 Å². The lowest BCUT2D eigenvalue weighted by atomic mass is 9.76. The number of rotatable bonds is 2. The fourth-order valence-corrected chi connectivity index (χ4v) is 5.10. The van der Waals surface area contributed by atoms with Gasteiger partial charge in [0.2, 0.25) is 11.8 Å². The molecule has 0 unspecified atom stereocenters. The molecule has 1 aromatic rings. The number of nitrogens with zero attached hydrogens (tertiary/aromatic N) is 3. The van der Waals surface area contributed by atoms with E-state index in [1.165, 1.54) is 0 Å². The number of urea groups is 1. The maximum Gasteiger partial charge on any atom is 0.315 e. The van der Waals surface area contributed by atoms with Crippen LogP contribution in [0.25, 0.3) is 0 Å². The number of fused-ring (bicyclic) bond motifs is 2. The molecule has 5 rings (SSSR count). The summed E-state index contributed by atoms with van der Waals surface area (Å²) in [6.07, 6.45) is 7.00. The minimum Gasteiger partial charge on any atom is -0.348 e.